The third-order valence-corrected chi connectivity index (χ3v) is 6.24. The van der Waals surface area contributed by atoms with Crippen molar-refractivity contribution in [3.8, 4) is 11.5 Å². The summed E-state index contributed by atoms with van der Waals surface area (Å²) in [6, 6.07) is 0. The van der Waals surface area contributed by atoms with Crippen molar-refractivity contribution < 1.29 is 24.4 Å². The van der Waals surface area contributed by atoms with Gasteiger partial charge in [0.2, 0.25) is 0 Å². The molecule has 0 bridgehead atoms. The first-order valence-electron chi connectivity index (χ1n) is 9.69. The van der Waals surface area contributed by atoms with Crippen LogP contribution in [0.5, 0.6) is 0 Å². The molecule has 2 fully saturated rings. The minimum Gasteiger partial charge on any atom is -0.386 e. The van der Waals surface area contributed by atoms with Crippen LogP contribution in [0.3, 0.4) is 0 Å². The largest absolute Gasteiger partial charge is 0.386 e. The quantitative estimate of drug-likeness (QED) is 0.447. The summed E-state index contributed by atoms with van der Waals surface area (Å²) in [5.74, 6) is 2.41. The summed E-state index contributed by atoms with van der Waals surface area (Å²) in [7, 11) is -0.0515. The van der Waals surface area contributed by atoms with E-state index in [9.17, 15) is 10.2 Å². The Morgan fingerprint density at radius 1 is 1.23 bits per heavy atom. The predicted molar refractivity (Wildman–Crippen MR) is 102 cm³/mol. The Hall–Kier alpha value is -0.683. The summed E-state index contributed by atoms with van der Waals surface area (Å²) >= 11 is 0. The number of ether oxygens (including phenoxy) is 3. The van der Waals surface area contributed by atoms with Gasteiger partial charge in [0, 0.05) is 26.6 Å². The standard InChI is InChI=1S/C20H32O5Si/c1-23-12-8-15-14-19(22,11-13-26(2,3)4)18-17(16(15)21)24-20(25-18)9-6-5-7-10-20/h14,16-18,21-22H,5-10,12H2,1-4H3/t16-,17+,18+,19-/m1/s1. The van der Waals surface area contributed by atoms with Gasteiger partial charge in [-0.2, -0.15) is 0 Å². The highest BCUT2D eigenvalue weighted by atomic mass is 28.3. The van der Waals surface area contributed by atoms with Gasteiger partial charge < -0.3 is 24.4 Å². The topological polar surface area (TPSA) is 68.2 Å². The molecule has 146 valence electrons. The lowest BCUT2D eigenvalue weighted by Crippen LogP contribution is -2.54. The van der Waals surface area contributed by atoms with E-state index in [0.717, 1.165) is 31.3 Å². The minimum atomic E-state index is -1.68. The molecule has 0 aromatic carbocycles. The zero-order chi connectivity index (χ0) is 19.0. The number of methoxy groups -OCH3 is 1. The Labute approximate surface area is 157 Å². The molecule has 1 heterocycles. The van der Waals surface area contributed by atoms with E-state index in [4.69, 9.17) is 14.2 Å². The maximum atomic E-state index is 11.4. The lowest BCUT2D eigenvalue weighted by atomic mass is 9.80. The number of aliphatic hydroxyl groups is 2. The summed E-state index contributed by atoms with van der Waals surface area (Å²) in [4.78, 5) is 0. The van der Waals surface area contributed by atoms with Crippen LogP contribution in [-0.2, 0) is 14.2 Å². The molecule has 2 aliphatic carbocycles. The fourth-order valence-electron chi connectivity index (χ4n) is 4.03. The van der Waals surface area contributed by atoms with Crippen LogP contribution in [0.4, 0.5) is 0 Å². The van der Waals surface area contributed by atoms with Crippen LogP contribution in [0, 0.1) is 11.5 Å². The lowest BCUT2D eigenvalue weighted by molar-refractivity contribution is -0.203. The van der Waals surface area contributed by atoms with Crippen molar-refractivity contribution in [1.29, 1.82) is 0 Å². The molecule has 3 rings (SSSR count). The molecule has 3 aliphatic rings. The molecule has 1 saturated carbocycles. The number of hydrogen-bond donors (Lipinski definition) is 2. The molecular formula is C20H32O5Si. The highest BCUT2D eigenvalue weighted by Gasteiger charge is 2.59. The molecule has 26 heavy (non-hydrogen) atoms. The summed E-state index contributed by atoms with van der Waals surface area (Å²) in [6.07, 6.45) is 5.03. The van der Waals surface area contributed by atoms with Gasteiger partial charge in [0.1, 0.15) is 26.4 Å². The summed E-state index contributed by atoms with van der Waals surface area (Å²) in [5.41, 5.74) is 2.56. The number of hydrogen-bond acceptors (Lipinski definition) is 5. The number of rotatable bonds is 3. The molecule has 0 aromatic heterocycles. The van der Waals surface area contributed by atoms with Gasteiger partial charge >= 0.3 is 0 Å². The van der Waals surface area contributed by atoms with Gasteiger partial charge in [0.25, 0.3) is 0 Å². The van der Waals surface area contributed by atoms with E-state index in [1.54, 1.807) is 13.2 Å². The summed E-state index contributed by atoms with van der Waals surface area (Å²) in [5, 5.41) is 22.3. The fourth-order valence-corrected chi connectivity index (χ4v) is 4.60. The molecule has 1 saturated heterocycles. The van der Waals surface area contributed by atoms with Gasteiger partial charge in [-0.15, -0.1) is 5.54 Å². The Balaban J connectivity index is 1.95. The van der Waals surface area contributed by atoms with Gasteiger partial charge in [-0.25, -0.2) is 0 Å². The van der Waals surface area contributed by atoms with Crippen LogP contribution >= 0.6 is 0 Å². The molecule has 2 N–H and O–H groups in total. The molecular weight excluding hydrogens is 348 g/mol. The van der Waals surface area contributed by atoms with Gasteiger partial charge in [-0.3, -0.25) is 0 Å². The van der Waals surface area contributed by atoms with Crippen molar-refractivity contribution in [2.75, 3.05) is 13.7 Å². The van der Waals surface area contributed by atoms with E-state index < -0.39 is 37.8 Å². The maximum absolute atomic E-state index is 11.4. The zero-order valence-corrected chi connectivity index (χ0v) is 17.4. The van der Waals surface area contributed by atoms with Crippen LogP contribution in [0.1, 0.15) is 38.5 Å². The average Bonchev–Trinajstić information content (AvgIpc) is 2.96. The smallest absolute Gasteiger partial charge is 0.172 e. The Morgan fingerprint density at radius 2 is 1.92 bits per heavy atom. The maximum Gasteiger partial charge on any atom is 0.172 e. The molecule has 0 radical (unpaired) electrons. The summed E-state index contributed by atoms with van der Waals surface area (Å²) < 4.78 is 17.7. The van der Waals surface area contributed by atoms with Crippen LogP contribution < -0.4 is 0 Å². The van der Waals surface area contributed by atoms with Crippen molar-refractivity contribution in [2.24, 2.45) is 0 Å². The second kappa shape index (κ2) is 7.38. The molecule has 4 atom stereocenters. The third-order valence-electron chi connectivity index (χ3n) is 5.37. The highest BCUT2D eigenvalue weighted by Crippen LogP contribution is 2.47. The third kappa shape index (κ3) is 4.09. The number of fused-ring (bicyclic) bond motifs is 1. The molecule has 0 unspecified atom stereocenters. The fraction of sp³-hybridized carbons (Fsp3) is 0.800. The SMILES string of the molecule is COCCC1=C[C@](O)(C#C[Si](C)(C)C)[C@H]2OC3(CCCCC3)O[C@H]2[C@@H]1O. The zero-order valence-electron chi connectivity index (χ0n) is 16.4. The Morgan fingerprint density at radius 3 is 2.54 bits per heavy atom. The van der Waals surface area contributed by atoms with Gasteiger partial charge in [0.15, 0.2) is 11.4 Å². The van der Waals surface area contributed by atoms with Gasteiger partial charge in [-0.05, 0) is 30.9 Å². The Kier molecular flexibility index (Phi) is 5.70. The van der Waals surface area contributed by atoms with Crippen LogP contribution in [0.25, 0.3) is 0 Å². The van der Waals surface area contributed by atoms with Crippen molar-refractivity contribution in [3.05, 3.63) is 11.6 Å². The van der Waals surface area contributed by atoms with Gasteiger partial charge in [-0.1, -0.05) is 32.0 Å². The summed E-state index contributed by atoms with van der Waals surface area (Å²) in [6.45, 7) is 6.90. The first-order valence-corrected chi connectivity index (χ1v) is 13.2. The van der Waals surface area contributed by atoms with Crippen molar-refractivity contribution >= 4 is 8.07 Å². The van der Waals surface area contributed by atoms with Crippen LogP contribution in [0.15, 0.2) is 11.6 Å². The first-order chi connectivity index (χ1) is 12.2. The normalized spacial score (nSPS) is 36.2. The van der Waals surface area contributed by atoms with Crippen LogP contribution in [-0.4, -0.2) is 61.7 Å². The lowest BCUT2D eigenvalue weighted by Gasteiger charge is -2.37. The second-order valence-electron chi connectivity index (χ2n) is 8.82. The molecule has 1 spiro atoms. The van der Waals surface area contributed by atoms with E-state index in [-0.39, 0.29) is 0 Å². The van der Waals surface area contributed by atoms with E-state index in [1.807, 2.05) is 0 Å². The van der Waals surface area contributed by atoms with E-state index in [0.29, 0.717) is 13.0 Å². The molecule has 5 nitrogen and oxygen atoms in total. The van der Waals surface area contributed by atoms with Crippen LogP contribution in [0.2, 0.25) is 19.6 Å². The molecule has 6 heteroatoms. The minimum absolute atomic E-state index is 0.476. The first kappa shape index (κ1) is 20.1. The molecule has 0 amide bonds. The van der Waals surface area contributed by atoms with Crippen molar-refractivity contribution in [2.45, 2.75) is 87.9 Å². The van der Waals surface area contributed by atoms with E-state index >= 15 is 0 Å². The highest BCUT2D eigenvalue weighted by molar-refractivity contribution is 6.83. The second-order valence-corrected chi connectivity index (χ2v) is 13.6. The van der Waals surface area contributed by atoms with E-state index in [2.05, 4.69) is 31.1 Å². The van der Waals surface area contributed by atoms with Gasteiger partial charge in [0.05, 0.1) is 0 Å². The van der Waals surface area contributed by atoms with Crippen molar-refractivity contribution in [1.82, 2.24) is 0 Å². The molecule has 1 aliphatic heterocycles. The van der Waals surface area contributed by atoms with E-state index in [1.165, 1.54) is 6.42 Å². The number of aliphatic hydroxyl groups excluding tert-OH is 1. The predicted octanol–water partition coefficient (Wildman–Crippen LogP) is 2.38. The monoisotopic (exact) mass is 380 g/mol. The average molecular weight is 381 g/mol. The van der Waals surface area contributed by atoms with Crippen molar-refractivity contribution in [3.63, 3.8) is 0 Å². The Bertz CT molecular complexity index is 608. The molecule has 0 aromatic rings.